The lowest BCUT2D eigenvalue weighted by atomic mass is 9.74. The van der Waals surface area contributed by atoms with Gasteiger partial charge in [0, 0.05) is 42.0 Å². The molecule has 0 spiro atoms. The van der Waals surface area contributed by atoms with Crippen LogP contribution in [0.5, 0.6) is 0 Å². The van der Waals surface area contributed by atoms with Crippen molar-refractivity contribution in [2.24, 2.45) is 11.1 Å². The maximum atomic E-state index is 14.7. The number of benzene rings is 2. The summed E-state index contributed by atoms with van der Waals surface area (Å²) in [4.78, 5) is 24.4. The predicted octanol–water partition coefficient (Wildman–Crippen LogP) is 4.50. The number of nitrogens with zero attached hydrogens (tertiary/aromatic N) is 1. The number of aromatic nitrogens is 1. The minimum atomic E-state index is -1.50. The molecule has 3 rings (SSSR count). The highest BCUT2D eigenvalue weighted by Gasteiger charge is 2.39. The van der Waals surface area contributed by atoms with Crippen LogP contribution in [0.4, 0.5) is 8.78 Å². The van der Waals surface area contributed by atoms with Crippen LogP contribution in [0.15, 0.2) is 60.8 Å². The first-order chi connectivity index (χ1) is 17.9. The molecule has 0 radical (unpaired) electrons. The fraction of sp³-hybridized carbons (Fsp3) is 0.357. The van der Waals surface area contributed by atoms with Crippen molar-refractivity contribution >= 4 is 23.7 Å². The zero-order valence-electron chi connectivity index (χ0n) is 21.5. The van der Waals surface area contributed by atoms with E-state index in [-0.39, 0.29) is 18.5 Å². The molecule has 204 valence electrons. The second-order valence-electron chi connectivity index (χ2n) is 10.3. The molecular formula is C28H32ClF2N3O4. The van der Waals surface area contributed by atoms with Gasteiger partial charge in [0.1, 0.15) is 35.6 Å². The van der Waals surface area contributed by atoms with Crippen LogP contribution in [0.3, 0.4) is 0 Å². The lowest BCUT2D eigenvalue weighted by Gasteiger charge is -2.35. The SMILES string of the molecule is CC(C)(C)[C@H](c1cc(-c2cc(F)ccc2F)cn1Cc1ccccc1)[C@H](O)C(=O)NCC[C@H](N)C(=O)OCl. The Hall–Kier alpha value is -3.27. The van der Waals surface area contributed by atoms with Crippen LogP contribution in [0, 0.1) is 17.0 Å². The number of carbonyl (C=O) groups excluding carboxylic acids is 2. The van der Waals surface area contributed by atoms with Crippen molar-refractivity contribution < 1.29 is 27.8 Å². The first-order valence-electron chi connectivity index (χ1n) is 12.2. The van der Waals surface area contributed by atoms with E-state index >= 15 is 0 Å². The van der Waals surface area contributed by atoms with E-state index in [0.717, 1.165) is 23.8 Å². The first-order valence-corrected chi connectivity index (χ1v) is 12.5. The Bertz CT molecular complexity index is 1260. The molecule has 0 unspecified atom stereocenters. The molecule has 4 N–H and O–H groups in total. The van der Waals surface area contributed by atoms with E-state index in [0.29, 0.717) is 17.8 Å². The van der Waals surface area contributed by atoms with Crippen LogP contribution in [0.2, 0.25) is 0 Å². The van der Waals surface area contributed by atoms with Crippen LogP contribution in [0.1, 0.15) is 44.4 Å². The largest absolute Gasteiger partial charge is 0.383 e. The molecule has 38 heavy (non-hydrogen) atoms. The standard InChI is InChI=1S/C28H32ClF2N3O4/c1-28(2,3)24(25(35)26(36)33-12-11-22(32)27(37)38-29)23-13-18(20-14-19(30)9-10-21(20)31)16-34(23)15-17-7-5-4-6-8-17/h4-10,13-14,16,22,24-25,35H,11-12,15,32H2,1-3H3,(H,33,36)/t22-,24+,25-/m0/s1. The highest BCUT2D eigenvalue weighted by atomic mass is 35.5. The van der Waals surface area contributed by atoms with Gasteiger partial charge in [0.05, 0.1) is 0 Å². The second-order valence-corrected chi connectivity index (χ2v) is 10.4. The van der Waals surface area contributed by atoms with Crippen molar-refractivity contribution in [1.82, 2.24) is 9.88 Å². The average molecular weight is 548 g/mol. The highest BCUT2D eigenvalue weighted by Crippen LogP contribution is 2.41. The van der Waals surface area contributed by atoms with Crippen molar-refractivity contribution in [2.45, 2.75) is 51.8 Å². The summed E-state index contributed by atoms with van der Waals surface area (Å²) >= 11 is 5.03. The summed E-state index contributed by atoms with van der Waals surface area (Å²) in [5.41, 5.74) is 7.04. The summed E-state index contributed by atoms with van der Waals surface area (Å²) in [6.45, 7) is 6.02. The van der Waals surface area contributed by atoms with Gasteiger partial charge in [0.15, 0.2) is 0 Å². The van der Waals surface area contributed by atoms with Crippen LogP contribution in [-0.4, -0.2) is 40.2 Å². The molecule has 10 heteroatoms. The molecule has 0 saturated heterocycles. The van der Waals surface area contributed by atoms with Crippen LogP contribution < -0.4 is 11.1 Å². The molecule has 3 atom stereocenters. The Balaban J connectivity index is 1.99. The molecule has 1 amide bonds. The molecule has 0 saturated carbocycles. The molecule has 0 bridgehead atoms. The maximum Gasteiger partial charge on any atom is 0.341 e. The zero-order chi connectivity index (χ0) is 28.0. The fourth-order valence-corrected chi connectivity index (χ4v) is 4.55. The van der Waals surface area contributed by atoms with Crippen molar-refractivity contribution in [1.29, 1.82) is 0 Å². The lowest BCUT2D eigenvalue weighted by Crippen LogP contribution is -2.44. The number of carbonyl (C=O) groups is 2. The normalized spacial score (nSPS) is 14.0. The molecule has 0 aliphatic carbocycles. The van der Waals surface area contributed by atoms with Crippen molar-refractivity contribution in [2.75, 3.05) is 6.54 Å². The zero-order valence-corrected chi connectivity index (χ0v) is 22.2. The third kappa shape index (κ3) is 7.18. The monoisotopic (exact) mass is 547 g/mol. The van der Waals surface area contributed by atoms with Gasteiger partial charge < -0.3 is 25.0 Å². The number of nitrogens with one attached hydrogen (secondary N) is 1. The smallest absolute Gasteiger partial charge is 0.341 e. The summed E-state index contributed by atoms with van der Waals surface area (Å²) < 4.78 is 34.6. The topological polar surface area (TPSA) is 107 Å². The summed E-state index contributed by atoms with van der Waals surface area (Å²) in [5, 5.41) is 13.9. The molecule has 0 fully saturated rings. The summed E-state index contributed by atoms with van der Waals surface area (Å²) in [5.74, 6) is -3.40. The molecular weight excluding hydrogens is 516 g/mol. The van der Waals surface area contributed by atoms with Gasteiger partial charge in [-0.25, -0.2) is 13.6 Å². The lowest BCUT2D eigenvalue weighted by molar-refractivity contribution is -0.136. The van der Waals surface area contributed by atoms with Gasteiger partial charge in [-0.3, -0.25) is 4.79 Å². The predicted molar refractivity (Wildman–Crippen MR) is 141 cm³/mol. The Morgan fingerprint density at radius 2 is 1.82 bits per heavy atom. The molecule has 7 nitrogen and oxygen atoms in total. The number of nitrogens with two attached hydrogens (primary N) is 1. The van der Waals surface area contributed by atoms with Crippen molar-refractivity contribution in [3.8, 4) is 11.1 Å². The van der Waals surface area contributed by atoms with E-state index in [1.165, 1.54) is 0 Å². The van der Waals surface area contributed by atoms with Gasteiger partial charge in [0.2, 0.25) is 5.91 Å². The van der Waals surface area contributed by atoms with E-state index in [2.05, 4.69) is 9.61 Å². The van der Waals surface area contributed by atoms with E-state index in [1.54, 1.807) is 12.3 Å². The highest BCUT2D eigenvalue weighted by molar-refractivity contribution is 6.13. The van der Waals surface area contributed by atoms with Gasteiger partial charge in [-0.1, -0.05) is 51.1 Å². The summed E-state index contributed by atoms with van der Waals surface area (Å²) in [6.07, 6.45) is 0.249. The van der Waals surface area contributed by atoms with Gasteiger partial charge in [-0.15, -0.1) is 0 Å². The Morgan fingerprint density at radius 3 is 2.45 bits per heavy atom. The van der Waals surface area contributed by atoms with Gasteiger partial charge >= 0.3 is 5.97 Å². The molecule has 1 heterocycles. The van der Waals surface area contributed by atoms with Crippen LogP contribution in [0.25, 0.3) is 11.1 Å². The minimum Gasteiger partial charge on any atom is -0.383 e. The second kappa shape index (κ2) is 12.5. The third-order valence-electron chi connectivity index (χ3n) is 6.33. The molecule has 1 aromatic heterocycles. The Labute approximate surface area is 225 Å². The Morgan fingerprint density at radius 1 is 1.13 bits per heavy atom. The van der Waals surface area contributed by atoms with Crippen molar-refractivity contribution in [3.05, 3.63) is 83.7 Å². The third-order valence-corrected chi connectivity index (χ3v) is 6.49. The number of amides is 1. The van der Waals surface area contributed by atoms with E-state index in [9.17, 15) is 23.5 Å². The number of halogens is 3. The van der Waals surface area contributed by atoms with E-state index in [4.69, 9.17) is 17.6 Å². The fourth-order valence-electron chi connectivity index (χ4n) is 4.43. The number of aliphatic hydroxyl groups excluding tert-OH is 1. The van der Waals surface area contributed by atoms with E-state index in [1.807, 2.05) is 55.7 Å². The Kier molecular flexibility index (Phi) is 9.65. The van der Waals surface area contributed by atoms with Crippen LogP contribution in [-0.2, 0) is 20.4 Å². The average Bonchev–Trinajstić information content (AvgIpc) is 3.26. The quantitative estimate of drug-likeness (QED) is 0.346. The van der Waals surface area contributed by atoms with Gasteiger partial charge in [-0.2, -0.15) is 0 Å². The van der Waals surface area contributed by atoms with Crippen LogP contribution >= 0.6 is 11.9 Å². The molecule has 3 aromatic rings. The number of aliphatic hydroxyl groups is 1. The molecule has 0 aliphatic heterocycles. The molecule has 0 aliphatic rings. The molecule has 2 aromatic carbocycles. The number of hydrogen-bond acceptors (Lipinski definition) is 5. The summed E-state index contributed by atoms with van der Waals surface area (Å²) in [6, 6.07) is 13.4. The van der Waals surface area contributed by atoms with Gasteiger partial charge in [-0.05, 0) is 41.7 Å². The first kappa shape index (κ1) is 29.3. The number of hydrogen-bond donors (Lipinski definition) is 3. The minimum absolute atomic E-state index is 0.00466. The maximum absolute atomic E-state index is 14.7. The van der Waals surface area contributed by atoms with Gasteiger partial charge in [0.25, 0.3) is 0 Å². The summed E-state index contributed by atoms with van der Waals surface area (Å²) in [7, 11) is 0. The van der Waals surface area contributed by atoms with Crippen molar-refractivity contribution in [3.63, 3.8) is 0 Å². The van der Waals surface area contributed by atoms with E-state index < -0.39 is 47.0 Å². The number of rotatable bonds is 10.